The minimum absolute atomic E-state index is 0.290. The highest BCUT2D eigenvalue weighted by Crippen LogP contribution is 2.34. The van der Waals surface area contributed by atoms with E-state index in [0.29, 0.717) is 4.91 Å². The molecule has 0 saturated carbocycles. The number of rotatable bonds is 4. The SMILES string of the molecule is COC(=O)[C@@H](C)N1C(=O)S/C(=C/c2ccc(-c3ccccc3)cc2)C1=O. The van der Waals surface area contributed by atoms with Crippen LogP contribution in [-0.2, 0) is 14.3 Å². The van der Waals surface area contributed by atoms with E-state index < -0.39 is 23.2 Å². The molecule has 0 spiro atoms. The van der Waals surface area contributed by atoms with Gasteiger partial charge >= 0.3 is 5.97 Å². The molecule has 0 radical (unpaired) electrons. The third-order valence-electron chi connectivity index (χ3n) is 4.07. The van der Waals surface area contributed by atoms with Crippen molar-refractivity contribution in [2.24, 2.45) is 0 Å². The van der Waals surface area contributed by atoms with Gasteiger partial charge in [-0.1, -0.05) is 54.6 Å². The van der Waals surface area contributed by atoms with Gasteiger partial charge in [0.25, 0.3) is 11.1 Å². The number of thioether (sulfide) groups is 1. The zero-order chi connectivity index (χ0) is 18.7. The number of carbonyl (C=O) groups excluding carboxylic acids is 3. The first-order valence-corrected chi connectivity index (χ1v) is 8.83. The molecule has 132 valence electrons. The predicted octanol–water partition coefficient (Wildman–Crippen LogP) is 3.95. The van der Waals surface area contributed by atoms with Crippen LogP contribution >= 0.6 is 11.8 Å². The summed E-state index contributed by atoms with van der Waals surface area (Å²) in [6.07, 6.45) is 1.66. The Hall–Kier alpha value is -2.86. The fraction of sp³-hybridized carbons (Fsp3) is 0.150. The lowest BCUT2D eigenvalue weighted by Gasteiger charge is -2.18. The molecule has 0 aromatic heterocycles. The highest BCUT2D eigenvalue weighted by atomic mass is 32.2. The van der Waals surface area contributed by atoms with Gasteiger partial charge in [0.15, 0.2) is 0 Å². The van der Waals surface area contributed by atoms with Crippen molar-refractivity contribution in [3.05, 3.63) is 65.1 Å². The predicted molar refractivity (Wildman–Crippen MR) is 101 cm³/mol. The summed E-state index contributed by atoms with van der Waals surface area (Å²) in [6, 6.07) is 16.7. The molecular weight excluding hydrogens is 350 g/mol. The van der Waals surface area contributed by atoms with Crippen molar-refractivity contribution in [2.45, 2.75) is 13.0 Å². The zero-order valence-corrected chi connectivity index (χ0v) is 15.2. The summed E-state index contributed by atoms with van der Waals surface area (Å²) in [6.45, 7) is 1.47. The number of hydrogen-bond acceptors (Lipinski definition) is 5. The van der Waals surface area contributed by atoms with Gasteiger partial charge in [-0.3, -0.25) is 14.5 Å². The average molecular weight is 367 g/mol. The van der Waals surface area contributed by atoms with Gasteiger partial charge in [-0.05, 0) is 41.5 Å². The van der Waals surface area contributed by atoms with Crippen molar-refractivity contribution in [3.8, 4) is 11.1 Å². The molecule has 6 heteroatoms. The van der Waals surface area contributed by atoms with Crippen LogP contribution in [0.25, 0.3) is 17.2 Å². The Labute approximate surface area is 155 Å². The van der Waals surface area contributed by atoms with E-state index in [-0.39, 0.29) is 0 Å². The molecule has 26 heavy (non-hydrogen) atoms. The molecule has 0 aliphatic carbocycles. The maximum absolute atomic E-state index is 12.5. The lowest BCUT2D eigenvalue weighted by Crippen LogP contribution is -2.42. The number of methoxy groups -OCH3 is 1. The van der Waals surface area contributed by atoms with Crippen LogP contribution in [0.3, 0.4) is 0 Å². The molecule has 2 aromatic carbocycles. The van der Waals surface area contributed by atoms with Gasteiger partial charge in [0.1, 0.15) is 6.04 Å². The number of nitrogens with zero attached hydrogens (tertiary/aromatic N) is 1. The molecule has 1 aliphatic heterocycles. The number of hydrogen-bond donors (Lipinski definition) is 0. The maximum Gasteiger partial charge on any atom is 0.328 e. The summed E-state index contributed by atoms with van der Waals surface area (Å²) in [5.74, 6) is -1.11. The molecule has 1 heterocycles. The van der Waals surface area contributed by atoms with Crippen molar-refractivity contribution in [2.75, 3.05) is 7.11 Å². The highest BCUT2D eigenvalue weighted by Gasteiger charge is 2.41. The molecule has 5 nitrogen and oxygen atoms in total. The van der Waals surface area contributed by atoms with Crippen molar-refractivity contribution in [3.63, 3.8) is 0 Å². The molecule has 1 fully saturated rings. The quantitative estimate of drug-likeness (QED) is 0.605. The third-order valence-corrected chi connectivity index (χ3v) is 4.95. The Morgan fingerprint density at radius 3 is 2.27 bits per heavy atom. The van der Waals surface area contributed by atoms with Crippen LogP contribution < -0.4 is 0 Å². The summed E-state index contributed by atoms with van der Waals surface area (Å²) >= 11 is 0.824. The van der Waals surface area contributed by atoms with E-state index in [4.69, 9.17) is 0 Å². The monoisotopic (exact) mass is 367 g/mol. The largest absolute Gasteiger partial charge is 0.467 e. The van der Waals surface area contributed by atoms with E-state index in [0.717, 1.165) is 33.4 Å². The summed E-state index contributed by atoms with van der Waals surface area (Å²) in [7, 11) is 1.22. The second kappa shape index (κ2) is 7.58. The summed E-state index contributed by atoms with van der Waals surface area (Å²) in [4.78, 5) is 37.4. The standard InChI is InChI=1S/C20H17NO4S/c1-13(19(23)25-2)21-18(22)17(26-20(21)24)12-14-8-10-16(11-9-14)15-6-4-3-5-7-15/h3-13H,1-2H3/b17-12+/t13-/m1/s1. The Bertz CT molecular complexity index is 874. The molecule has 0 bridgehead atoms. The number of esters is 1. The van der Waals surface area contributed by atoms with Gasteiger partial charge in [0.2, 0.25) is 0 Å². The molecule has 3 rings (SSSR count). The minimum Gasteiger partial charge on any atom is -0.467 e. The Morgan fingerprint density at radius 2 is 1.65 bits per heavy atom. The normalized spacial score (nSPS) is 16.8. The Morgan fingerprint density at radius 1 is 1.04 bits per heavy atom. The van der Waals surface area contributed by atoms with Crippen LogP contribution in [0, 0.1) is 0 Å². The molecule has 2 aromatic rings. The number of amides is 2. The van der Waals surface area contributed by atoms with Gasteiger partial charge < -0.3 is 4.74 Å². The smallest absolute Gasteiger partial charge is 0.328 e. The van der Waals surface area contributed by atoms with E-state index in [1.807, 2.05) is 54.6 Å². The highest BCUT2D eigenvalue weighted by molar-refractivity contribution is 8.18. The second-order valence-electron chi connectivity index (χ2n) is 5.74. The number of ether oxygens (including phenoxy) is 1. The Kier molecular flexibility index (Phi) is 5.23. The number of carbonyl (C=O) groups is 3. The molecule has 2 amide bonds. The molecule has 0 unspecified atom stereocenters. The van der Waals surface area contributed by atoms with Crippen LogP contribution in [-0.4, -0.2) is 35.2 Å². The summed E-state index contributed by atoms with van der Waals surface area (Å²) in [5, 5.41) is -0.472. The maximum atomic E-state index is 12.5. The first-order valence-electron chi connectivity index (χ1n) is 8.01. The molecule has 1 atom stereocenters. The van der Waals surface area contributed by atoms with Gasteiger partial charge in [-0.2, -0.15) is 0 Å². The third kappa shape index (κ3) is 3.55. The molecular formula is C20H17NO4S. The fourth-order valence-electron chi connectivity index (χ4n) is 2.64. The van der Waals surface area contributed by atoms with E-state index in [1.54, 1.807) is 6.08 Å². The molecule has 1 aliphatic rings. The van der Waals surface area contributed by atoms with E-state index >= 15 is 0 Å². The van der Waals surface area contributed by atoms with Crippen LogP contribution in [0.2, 0.25) is 0 Å². The van der Waals surface area contributed by atoms with E-state index in [9.17, 15) is 14.4 Å². The van der Waals surface area contributed by atoms with Gasteiger partial charge in [0.05, 0.1) is 12.0 Å². The number of benzene rings is 2. The van der Waals surface area contributed by atoms with Crippen molar-refractivity contribution >= 4 is 35.0 Å². The van der Waals surface area contributed by atoms with E-state index in [2.05, 4.69) is 4.74 Å². The summed E-state index contributed by atoms with van der Waals surface area (Å²) in [5.41, 5.74) is 2.97. The second-order valence-corrected chi connectivity index (χ2v) is 6.73. The zero-order valence-electron chi connectivity index (χ0n) is 14.3. The van der Waals surface area contributed by atoms with E-state index in [1.165, 1.54) is 14.0 Å². The average Bonchev–Trinajstić information content (AvgIpc) is 2.95. The summed E-state index contributed by atoms with van der Waals surface area (Å²) < 4.78 is 4.62. The topological polar surface area (TPSA) is 63.7 Å². The Balaban J connectivity index is 1.81. The van der Waals surface area contributed by atoms with Gasteiger partial charge in [-0.25, -0.2) is 4.79 Å². The van der Waals surface area contributed by atoms with Crippen molar-refractivity contribution in [1.29, 1.82) is 0 Å². The first-order chi connectivity index (χ1) is 12.5. The lowest BCUT2D eigenvalue weighted by molar-refractivity contribution is -0.148. The van der Waals surface area contributed by atoms with Crippen molar-refractivity contribution < 1.29 is 19.1 Å². The minimum atomic E-state index is -0.946. The van der Waals surface area contributed by atoms with Crippen molar-refractivity contribution in [1.82, 2.24) is 4.90 Å². The molecule has 1 saturated heterocycles. The fourth-order valence-corrected chi connectivity index (χ4v) is 3.55. The van der Waals surface area contributed by atoms with Crippen LogP contribution in [0.15, 0.2) is 59.5 Å². The number of imide groups is 1. The van der Waals surface area contributed by atoms with Crippen LogP contribution in [0.4, 0.5) is 4.79 Å². The van der Waals surface area contributed by atoms with Crippen LogP contribution in [0.1, 0.15) is 12.5 Å². The van der Waals surface area contributed by atoms with Gasteiger partial charge in [0, 0.05) is 0 Å². The van der Waals surface area contributed by atoms with Gasteiger partial charge in [-0.15, -0.1) is 0 Å². The van der Waals surface area contributed by atoms with Crippen LogP contribution in [0.5, 0.6) is 0 Å². The lowest BCUT2D eigenvalue weighted by atomic mass is 10.0. The first kappa shape index (κ1) is 17.9. The molecule has 0 N–H and O–H groups in total.